The molecule has 0 saturated heterocycles. The predicted molar refractivity (Wildman–Crippen MR) is 171 cm³/mol. The largest absolute Gasteiger partial charge is 0.509 e. The number of hydrogen-bond donors (Lipinski definition) is 0. The summed E-state index contributed by atoms with van der Waals surface area (Å²) >= 11 is 0. The molecule has 0 saturated carbocycles. The van der Waals surface area contributed by atoms with E-state index in [-0.39, 0.29) is 26.5 Å². The van der Waals surface area contributed by atoms with Gasteiger partial charge in [0.25, 0.3) is 0 Å². The van der Waals surface area contributed by atoms with Crippen LogP contribution in [0.4, 0.5) is 22.7 Å². The van der Waals surface area contributed by atoms with Crippen LogP contribution in [0.25, 0.3) is 16.8 Å². The van der Waals surface area contributed by atoms with Crippen molar-refractivity contribution in [3.05, 3.63) is 146 Å². The van der Waals surface area contributed by atoms with Gasteiger partial charge < -0.3 is 14.5 Å². The van der Waals surface area contributed by atoms with Crippen LogP contribution in [0.15, 0.2) is 122 Å². The van der Waals surface area contributed by atoms with Crippen LogP contribution in [0.2, 0.25) is 0 Å². The zero-order chi connectivity index (χ0) is 29.4. The minimum atomic E-state index is 0. The molecule has 0 fully saturated rings. The summed E-state index contributed by atoms with van der Waals surface area (Å²) in [5.41, 5.74) is 8.47. The van der Waals surface area contributed by atoms with Gasteiger partial charge in [0, 0.05) is 55.2 Å². The van der Waals surface area contributed by atoms with E-state index in [0.717, 1.165) is 22.7 Å². The van der Waals surface area contributed by atoms with E-state index in [1.54, 1.807) is 12.4 Å². The van der Waals surface area contributed by atoms with E-state index in [4.69, 9.17) is 4.74 Å². The molecule has 1 aromatic heterocycles. The van der Waals surface area contributed by atoms with Crippen LogP contribution in [0.5, 0.6) is 11.5 Å². The molecule has 5 aromatic carbocycles. The van der Waals surface area contributed by atoms with Crippen molar-refractivity contribution < 1.29 is 25.8 Å². The molecule has 0 spiro atoms. The maximum absolute atomic E-state index is 6.21. The van der Waals surface area contributed by atoms with E-state index in [9.17, 15) is 0 Å². The fourth-order valence-corrected chi connectivity index (χ4v) is 5.26. The second-order valence-electron chi connectivity index (χ2n) is 11.4. The van der Waals surface area contributed by atoms with Gasteiger partial charge in [-0.05, 0) is 40.4 Å². The van der Waals surface area contributed by atoms with Crippen molar-refractivity contribution in [1.82, 2.24) is 15.0 Å². The third-order valence-electron chi connectivity index (χ3n) is 7.46. The standard InChI is InChI=1S/C37H30N5O.Pt/c1-37(2,3)28-19-20-33(27-11-5-4-6-12-27)36(23-28)41-26-40(34-17-7-8-18-35(34)41)29-13-9-15-31(24-29)43-32-16-10-14-30(25-32)42-38-21-22-39-42;/h4-23,26H,1-3H3;/q-3;. The van der Waals surface area contributed by atoms with Gasteiger partial charge in [-0.15, -0.1) is 48.8 Å². The number of hydrogen-bond acceptors (Lipinski definition) is 5. The SMILES string of the molecule is CC(C)(C)c1ccc(-c2ccccc2)c(N2[CH-]N(c3[c-]c(Oc4[c-]c(-n5nccn5)ccc4)ccc3)c3ccccc32)c1.[Pt]. The first-order valence-electron chi connectivity index (χ1n) is 14.3. The number of para-hydroxylation sites is 2. The van der Waals surface area contributed by atoms with Gasteiger partial charge in [0.15, 0.2) is 0 Å². The first-order valence-corrected chi connectivity index (χ1v) is 14.3. The van der Waals surface area contributed by atoms with E-state index in [0.29, 0.717) is 17.2 Å². The Balaban J connectivity index is 0.00000343. The quantitative estimate of drug-likeness (QED) is 0.159. The molecule has 6 aromatic rings. The van der Waals surface area contributed by atoms with Crippen molar-refractivity contribution in [2.75, 3.05) is 9.80 Å². The molecule has 0 unspecified atom stereocenters. The Morgan fingerprint density at radius 3 is 1.93 bits per heavy atom. The molecule has 7 heteroatoms. The van der Waals surface area contributed by atoms with Crippen LogP contribution < -0.4 is 14.5 Å². The molecule has 0 radical (unpaired) electrons. The maximum Gasteiger partial charge on any atom is 0.0696 e. The fourth-order valence-electron chi connectivity index (χ4n) is 5.26. The second kappa shape index (κ2) is 12.1. The van der Waals surface area contributed by atoms with Gasteiger partial charge in [0.05, 0.1) is 12.4 Å². The zero-order valence-corrected chi connectivity index (χ0v) is 26.9. The van der Waals surface area contributed by atoms with Crippen LogP contribution in [-0.2, 0) is 26.5 Å². The Labute approximate surface area is 272 Å². The molecule has 0 bridgehead atoms. The minimum Gasteiger partial charge on any atom is -0.509 e. The van der Waals surface area contributed by atoms with Gasteiger partial charge >= 0.3 is 0 Å². The molecular formula is C37H30N5OPt-3. The summed E-state index contributed by atoms with van der Waals surface area (Å²) in [6.07, 6.45) is 3.27. The molecule has 222 valence electrons. The van der Waals surface area contributed by atoms with E-state index in [1.807, 2.05) is 36.4 Å². The molecule has 6 nitrogen and oxygen atoms in total. The molecule has 1 aliphatic heterocycles. The Kier molecular flexibility index (Phi) is 8.11. The van der Waals surface area contributed by atoms with Crippen molar-refractivity contribution >= 4 is 22.7 Å². The van der Waals surface area contributed by atoms with Gasteiger partial charge in [0.1, 0.15) is 0 Å². The molecule has 0 N–H and O–H groups in total. The Morgan fingerprint density at radius 2 is 1.25 bits per heavy atom. The monoisotopic (exact) mass is 755 g/mol. The van der Waals surface area contributed by atoms with Gasteiger partial charge in [-0.1, -0.05) is 75.4 Å². The smallest absolute Gasteiger partial charge is 0.0696 e. The Hall–Kier alpha value is -4.67. The van der Waals surface area contributed by atoms with E-state index in [1.165, 1.54) is 21.5 Å². The summed E-state index contributed by atoms with van der Waals surface area (Å²) in [4.78, 5) is 5.95. The second-order valence-corrected chi connectivity index (χ2v) is 11.4. The number of benzene rings is 5. The summed E-state index contributed by atoms with van der Waals surface area (Å²) in [6.45, 7) is 8.90. The molecule has 0 atom stereocenters. The molecular weight excluding hydrogens is 726 g/mol. The summed E-state index contributed by atoms with van der Waals surface area (Å²) in [7, 11) is 0. The van der Waals surface area contributed by atoms with Crippen molar-refractivity contribution in [3.63, 3.8) is 0 Å². The average molecular weight is 756 g/mol. The first-order chi connectivity index (χ1) is 20.9. The van der Waals surface area contributed by atoms with Crippen molar-refractivity contribution in [2.24, 2.45) is 0 Å². The number of ether oxygens (including phenoxy) is 1. The van der Waals surface area contributed by atoms with Crippen molar-refractivity contribution in [2.45, 2.75) is 26.2 Å². The molecule has 2 heterocycles. The topological polar surface area (TPSA) is 46.4 Å². The van der Waals surface area contributed by atoms with Gasteiger partial charge in [-0.25, -0.2) is 0 Å². The summed E-state index contributed by atoms with van der Waals surface area (Å²) in [5.74, 6) is 1.14. The fraction of sp³-hybridized carbons (Fsp3) is 0.108. The van der Waals surface area contributed by atoms with Crippen LogP contribution in [0.3, 0.4) is 0 Å². The van der Waals surface area contributed by atoms with Gasteiger partial charge in [-0.2, -0.15) is 27.1 Å². The third-order valence-corrected chi connectivity index (χ3v) is 7.46. The molecule has 0 aliphatic carbocycles. The predicted octanol–water partition coefficient (Wildman–Crippen LogP) is 9.03. The van der Waals surface area contributed by atoms with Crippen LogP contribution in [0, 0.1) is 18.8 Å². The van der Waals surface area contributed by atoms with E-state index >= 15 is 0 Å². The minimum absolute atomic E-state index is 0. The molecule has 7 rings (SSSR count). The van der Waals surface area contributed by atoms with Gasteiger partial charge in [0.2, 0.25) is 0 Å². The maximum atomic E-state index is 6.21. The van der Waals surface area contributed by atoms with Crippen LogP contribution in [0.1, 0.15) is 26.3 Å². The Morgan fingerprint density at radius 1 is 0.636 bits per heavy atom. The average Bonchev–Trinajstić information content (AvgIpc) is 3.70. The molecule has 0 amide bonds. The first kappa shape index (κ1) is 29.4. The molecule has 1 aliphatic rings. The third kappa shape index (κ3) is 5.78. The Bertz CT molecular complexity index is 1880. The number of anilines is 4. The van der Waals surface area contributed by atoms with E-state index < -0.39 is 0 Å². The van der Waals surface area contributed by atoms with Crippen molar-refractivity contribution in [3.8, 4) is 28.3 Å². The normalized spacial score (nSPS) is 12.5. The summed E-state index contributed by atoms with van der Waals surface area (Å²) < 4.78 is 6.21. The zero-order valence-electron chi connectivity index (χ0n) is 24.6. The number of aromatic nitrogens is 3. The number of nitrogens with zero attached hydrogens (tertiary/aromatic N) is 5. The number of fused-ring (bicyclic) bond motifs is 1. The van der Waals surface area contributed by atoms with Gasteiger partial charge in [-0.3, -0.25) is 0 Å². The number of rotatable bonds is 6. The van der Waals surface area contributed by atoms with E-state index in [2.05, 4.69) is 132 Å². The summed E-state index contributed by atoms with van der Waals surface area (Å²) in [6, 6.07) is 44.1. The molecule has 44 heavy (non-hydrogen) atoms. The van der Waals surface area contributed by atoms with Crippen LogP contribution >= 0.6 is 0 Å². The van der Waals surface area contributed by atoms with Crippen molar-refractivity contribution in [1.29, 1.82) is 0 Å². The summed E-state index contributed by atoms with van der Waals surface area (Å²) in [5, 5.41) is 8.39. The van der Waals surface area contributed by atoms with Crippen LogP contribution in [-0.4, -0.2) is 15.0 Å².